The number of anilines is 2. The molecule has 136 valence electrons. The van der Waals surface area contributed by atoms with E-state index in [-0.39, 0.29) is 5.82 Å². The van der Waals surface area contributed by atoms with Crippen LogP contribution in [0.1, 0.15) is 16.8 Å². The van der Waals surface area contributed by atoms with E-state index in [0.717, 1.165) is 64.0 Å². The van der Waals surface area contributed by atoms with Crippen LogP contribution in [0.25, 0.3) is 21.7 Å². The van der Waals surface area contributed by atoms with Gasteiger partial charge < -0.3 is 15.4 Å². The number of morpholine rings is 1. The molecule has 9 heteroatoms. The van der Waals surface area contributed by atoms with Gasteiger partial charge in [-0.25, -0.2) is 9.97 Å². The van der Waals surface area contributed by atoms with E-state index in [1.807, 2.05) is 6.20 Å². The number of nitrogens with zero attached hydrogens (tertiary/aromatic N) is 5. The van der Waals surface area contributed by atoms with Gasteiger partial charge in [-0.3, -0.25) is 5.10 Å². The summed E-state index contributed by atoms with van der Waals surface area (Å²) in [6, 6.07) is 2.25. The Hall–Kier alpha value is -2.96. The summed E-state index contributed by atoms with van der Waals surface area (Å²) in [5, 5.41) is 17.9. The first-order chi connectivity index (χ1) is 13.3. The third kappa shape index (κ3) is 2.57. The number of H-pyrrole nitrogens is 1. The van der Waals surface area contributed by atoms with Crippen molar-refractivity contribution < 1.29 is 4.74 Å². The van der Waals surface area contributed by atoms with Crippen molar-refractivity contribution in [3.8, 4) is 27.8 Å². The van der Waals surface area contributed by atoms with Crippen LogP contribution in [-0.2, 0) is 17.6 Å². The number of pyridine rings is 1. The van der Waals surface area contributed by atoms with Crippen LogP contribution in [0, 0.1) is 11.3 Å². The lowest BCUT2D eigenvalue weighted by Gasteiger charge is -2.26. The van der Waals surface area contributed by atoms with Crippen molar-refractivity contribution in [3.05, 3.63) is 29.2 Å². The Morgan fingerprint density at radius 2 is 2.11 bits per heavy atom. The first-order valence-corrected chi connectivity index (χ1v) is 9.62. The third-order valence-electron chi connectivity index (χ3n) is 5.06. The summed E-state index contributed by atoms with van der Waals surface area (Å²) >= 11 is 1.59. The van der Waals surface area contributed by atoms with Crippen molar-refractivity contribution >= 4 is 22.3 Å². The molecular weight excluding hydrogens is 362 g/mol. The summed E-state index contributed by atoms with van der Waals surface area (Å²) in [6.45, 7) is 3.07. The molecule has 4 heterocycles. The van der Waals surface area contributed by atoms with Gasteiger partial charge in [0.15, 0.2) is 5.13 Å². The van der Waals surface area contributed by atoms with E-state index in [9.17, 15) is 5.26 Å². The topological polar surface area (TPSA) is 117 Å². The average Bonchev–Trinajstić information content (AvgIpc) is 3.37. The van der Waals surface area contributed by atoms with Gasteiger partial charge in [0.2, 0.25) is 0 Å². The SMILES string of the molecule is N#Cc1c(N)nc2c(c1-c1cnc(N3CCOCC3)s1)CCc1[nH]ncc1-2. The number of hydrogen-bond donors (Lipinski definition) is 2. The predicted octanol–water partition coefficient (Wildman–Crippen LogP) is 1.98. The number of ether oxygens (including phenoxy) is 1. The molecule has 1 fully saturated rings. The van der Waals surface area contributed by atoms with Crippen molar-refractivity contribution in [2.45, 2.75) is 12.8 Å². The smallest absolute Gasteiger partial charge is 0.186 e. The predicted molar refractivity (Wildman–Crippen MR) is 102 cm³/mol. The fourth-order valence-electron chi connectivity index (χ4n) is 3.73. The number of nitrogens with two attached hydrogens (primary N) is 1. The number of thiazole rings is 1. The number of nitriles is 1. The first kappa shape index (κ1) is 16.2. The molecule has 0 radical (unpaired) electrons. The zero-order valence-electron chi connectivity index (χ0n) is 14.5. The summed E-state index contributed by atoms with van der Waals surface area (Å²) < 4.78 is 5.42. The fraction of sp³-hybridized carbons (Fsp3) is 0.333. The molecule has 3 aromatic heterocycles. The monoisotopic (exact) mass is 379 g/mol. The van der Waals surface area contributed by atoms with Crippen molar-refractivity contribution in [2.75, 3.05) is 36.9 Å². The van der Waals surface area contributed by atoms with E-state index in [4.69, 9.17) is 10.5 Å². The van der Waals surface area contributed by atoms with Crippen LogP contribution >= 0.6 is 11.3 Å². The van der Waals surface area contributed by atoms with Gasteiger partial charge in [-0.15, -0.1) is 0 Å². The zero-order chi connectivity index (χ0) is 18.4. The Bertz CT molecular complexity index is 1060. The van der Waals surface area contributed by atoms with Crippen molar-refractivity contribution in [3.63, 3.8) is 0 Å². The maximum atomic E-state index is 9.74. The first-order valence-electron chi connectivity index (χ1n) is 8.80. The lowest BCUT2D eigenvalue weighted by atomic mass is 9.88. The fourth-order valence-corrected chi connectivity index (χ4v) is 4.78. The molecule has 1 aliphatic carbocycles. The minimum absolute atomic E-state index is 0.252. The third-order valence-corrected chi connectivity index (χ3v) is 6.13. The second kappa shape index (κ2) is 6.33. The molecule has 0 spiro atoms. The van der Waals surface area contributed by atoms with Gasteiger partial charge in [0.1, 0.15) is 17.5 Å². The summed E-state index contributed by atoms with van der Waals surface area (Å²) in [5.41, 5.74) is 11.3. The molecular formula is C18H17N7OS. The van der Waals surface area contributed by atoms with Crippen LogP contribution in [0.5, 0.6) is 0 Å². The van der Waals surface area contributed by atoms with Gasteiger partial charge in [-0.05, 0) is 18.4 Å². The van der Waals surface area contributed by atoms with Gasteiger partial charge in [-0.2, -0.15) is 10.4 Å². The summed E-state index contributed by atoms with van der Waals surface area (Å²) in [4.78, 5) is 12.3. The van der Waals surface area contributed by atoms with E-state index in [0.29, 0.717) is 18.8 Å². The highest BCUT2D eigenvalue weighted by atomic mass is 32.1. The average molecular weight is 379 g/mol. The molecule has 0 saturated carbocycles. The largest absolute Gasteiger partial charge is 0.383 e. The Balaban J connectivity index is 1.66. The number of fused-ring (bicyclic) bond motifs is 3. The normalized spacial score (nSPS) is 15.9. The molecule has 0 amide bonds. The van der Waals surface area contributed by atoms with Gasteiger partial charge >= 0.3 is 0 Å². The van der Waals surface area contributed by atoms with E-state index in [2.05, 4.69) is 31.1 Å². The molecule has 0 bridgehead atoms. The van der Waals surface area contributed by atoms with Crippen LogP contribution < -0.4 is 10.6 Å². The van der Waals surface area contributed by atoms with Gasteiger partial charge in [0, 0.05) is 36.1 Å². The standard InChI is InChI=1S/C18H17N7OS/c19-7-11-15(14-9-21-18(27-14)25-3-5-26-6-4-25)10-1-2-13-12(8-22-24-13)16(10)23-17(11)20/h8-9H,1-6H2,(H2,20,23)(H,22,24). The molecule has 3 N–H and O–H groups in total. The lowest BCUT2D eigenvalue weighted by molar-refractivity contribution is 0.122. The molecule has 1 saturated heterocycles. The van der Waals surface area contributed by atoms with Crippen LogP contribution in [0.2, 0.25) is 0 Å². The molecule has 1 aliphatic heterocycles. The number of nitrogens with one attached hydrogen (secondary N) is 1. The maximum Gasteiger partial charge on any atom is 0.186 e. The molecule has 0 unspecified atom stereocenters. The summed E-state index contributed by atoms with van der Waals surface area (Å²) in [5.74, 6) is 0.252. The van der Waals surface area contributed by atoms with Gasteiger partial charge in [0.05, 0.1) is 30.0 Å². The van der Waals surface area contributed by atoms with E-state index in [1.165, 1.54) is 0 Å². The number of hydrogen-bond acceptors (Lipinski definition) is 8. The van der Waals surface area contributed by atoms with Crippen molar-refractivity contribution in [1.82, 2.24) is 20.2 Å². The van der Waals surface area contributed by atoms with Gasteiger partial charge in [0.25, 0.3) is 0 Å². The van der Waals surface area contributed by atoms with E-state index < -0.39 is 0 Å². The number of nitrogen functional groups attached to an aromatic ring is 1. The molecule has 0 atom stereocenters. The number of aryl methyl sites for hydroxylation is 1. The summed E-state index contributed by atoms with van der Waals surface area (Å²) in [7, 11) is 0. The Morgan fingerprint density at radius 3 is 2.93 bits per heavy atom. The molecule has 8 nitrogen and oxygen atoms in total. The van der Waals surface area contributed by atoms with Crippen LogP contribution in [0.15, 0.2) is 12.4 Å². The van der Waals surface area contributed by atoms with Gasteiger partial charge in [-0.1, -0.05) is 11.3 Å². The number of aromatic amines is 1. The second-order valence-electron chi connectivity index (χ2n) is 6.55. The molecule has 5 rings (SSSR count). The molecule has 2 aliphatic rings. The highest BCUT2D eigenvalue weighted by molar-refractivity contribution is 7.19. The summed E-state index contributed by atoms with van der Waals surface area (Å²) in [6.07, 6.45) is 5.24. The molecule has 0 aromatic carbocycles. The highest BCUT2D eigenvalue weighted by Gasteiger charge is 2.28. The zero-order valence-corrected chi connectivity index (χ0v) is 15.3. The Kier molecular flexibility index (Phi) is 3.81. The van der Waals surface area contributed by atoms with Crippen LogP contribution in [0.3, 0.4) is 0 Å². The van der Waals surface area contributed by atoms with Crippen molar-refractivity contribution in [1.29, 1.82) is 5.26 Å². The van der Waals surface area contributed by atoms with Crippen molar-refractivity contribution in [2.24, 2.45) is 0 Å². The van der Waals surface area contributed by atoms with E-state index >= 15 is 0 Å². The number of rotatable bonds is 2. The number of aromatic nitrogens is 4. The van der Waals surface area contributed by atoms with E-state index in [1.54, 1.807) is 17.5 Å². The van der Waals surface area contributed by atoms with Crippen LogP contribution in [-0.4, -0.2) is 46.5 Å². The second-order valence-corrected chi connectivity index (χ2v) is 7.56. The Morgan fingerprint density at radius 1 is 1.26 bits per heavy atom. The lowest BCUT2D eigenvalue weighted by Crippen LogP contribution is -2.36. The molecule has 3 aromatic rings. The minimum Gasteiger partial charge on any atom is -0.383 e. The Labute approximate surface area is 159 Å². The molecule has 27 heavy (non-hydrogen) atoms. The minimum atomic E-state index is 0.252. The highest BCUT2D eigenvalue weighted by Crippen LogP contribution is 2.43. The quantitative estimate of drug-likeness (QED) is 0.699. The van der Waals surface area contributed by atoms with Crippen LogP contribution in [0.4, 0.5) is 10.9 Å². The maximum absolute atomic E-state index is 9.74.